The van der Waals surface area contributed by atoms with Gasteiger partial charge in [-0.15, -0.1) is 0 Å². The second kappa shape index (κ2) is 3.42. The van der Waals surface area contributed by atoms with Crippen molar-refractivity contribution >= 4 is 16.7 Å². The Labute approximate surface area is 99.8 Å². The molecule has 0 aromatic carbocycles. The van der Waals surface area contributed by atoms with Crippen LogP contribution in [-0.4, -0.2) is 15.4 Å². The Morgan fingerprint density at radius 2 is 2.06 bits per heavy atom. The first-order valence-electron chi connectivity index (χ1n) is 6.48. The first-order chi connectivity index (χ1) is 7.88. The molecule has 1 heterocycles. The van der Waals surface area contributed by atoms with E-state index in [0.29, 0.717) is 12.0 Å². The zero-order valence-electron chi connectivity index (χ0n) is 9.35. The molecule has 16 heavy (non-hydrogen) atoms. The standard InChI is InChI=1S/C12H17N3S/c1-2-9-5-7(1)6-10(9)13-12-14-11(15-16-12)8-3-4-8/h7-10H,1-6H2,(H,13,14,15). The Kier molecular flexibility index (Phi) is 2.01. The van der Waals surface area contributed by atoms with E-state index in [1.807, 2.05) is 0 Å². The van der Waals surface area contributed by atoms with Gasteiger partial charge in [-0.05, 0) is 43.9 Å². The third kappa shape index (κ3) is 1.54. The fourth-order valence-electron chi connectivity index (χ4n) is 3.38. The number of rotatable bonds is 3. The van der Waals surface area contributed by atoms with Crippen molar-refractivity contribution < 1.29 is 0 Å². The van der Waals surface area contributed by atoms with E-state index in [1.165, 1.54) is 38.5 Å². The van der Waals surface area contributed by atoms with Gasteiger partial charge in [0.2, 0.25) is 5.13 Å². The maximum absolute atomic E-state index is 4.62. The number of nitrogens with one attached hydrogen (secondary N) is 1. The lowest BCUT2D eigenvalue weighted by Gasteiger charge is -2.22. The largest absolute Gasteiger partial charge is 0.357 e. The fourth-order valence-corrected chi connectivity index (χ4v) is 4.09. The molecule has 0 radical (unpaired) electrons. The van der Waals surface area contributed by atoms with Gasteiger partial charge in [0.1, 0.15) is 5.82 Å². The minimum atomic E-state index is 0.687. The highest BCUT2D eigenvalue weighted by Crippen LogP contribution is 2.46. The van der Waals surface area contributed by atoms with Crippen molar-refractivity contribution in [3.63, 3.8) is 0 Å². The van der Waals surface area contributed by atoms with Crippen molar-refractivity contribution in [2.45, 2.75) is 50.5 Å². The summed E-state index contributed by atoms with van der Waals surface area (Å²) in [5, 5.41) is 4.69. The van der Waals surface area contributed by atoms with Gasteiger partial charge in [-0.1, -0.05) is 6.42 Å². The monoisotopic (exact) mass is 235 g/mol. The summed E-state index contributed by atoms with van der Waals surface area (Å²) in [6.45, 7) is 0. The molecule has 86 valence electrons. The van der Waals surface area contributed by atoms with Crippen LogP contribution < -0.4 is 5.32 Å². The van der Waals surface area contributed by atoms with Gasteiger partial charge >= 0.3 is 0 Å². The second-order valence-corrected chi connectivity index (χ2v) is 6.41. The van der Waals surface area contributed by atoms with Gasteiger partial charge < -0.3 is 5.32 Å². The van der Waals surface area contributed by atoms with E-state index in [2.05, 4.69) is 14.7 Å². The Balaban J connectivity index is 1.45. The molecule has 4 rings (SSSR count). The summed E-state index contributed by atoms with van der Waals surface area (Å²) in [6.07, 6.45) is 8.30. The Morgan fingerprint density at radius 3 is 2.75 bits per heavy atom. The van der Waals surface area contributed by atoms with Crippen LogP contribution in [-0.2, 0) is 0 Å². The first-order valence-corrected chi connectivity index (χ1v) is 7.26. The number of hydrogen-bond donors (Lipinski definition) is 1. The topological polar surface area (TPSA) is 37.8 Å². The van der Waals surface area contributed by atoms with Crippen molar-refractivity contribution in [2.24, 2.45) is 11.8 Å². The molecule has 3 atom stereocenters. The minimum Gasteiger partial charge on any atom is -0.357 e. The average molecular weight is 235 g/mol. The van der Waals surface area contributed by atoms with Crippen LogP contribution in [0, 0.1) is 11.8 Å². The van der Waals surface area contributed by atoms with Crippen LogP contribution in [0.1, 0.15) is 50.3 Å². The highest BCUT2D eigenvalue weighted by Gasteiger charge is 2.40. The molecule has 4 heteroatoms. The lowest BCUT2D eigenvalue weighted by Crippen LogP contribution is -2.25. The third-order valence-corrected chi connectivity index (χ3v) is 5.09. The van der Waals surface area contributed by atoms with Gasteiger partial charge in [0, 0.05) is 23.5 Å². The van der Waals surface area contributed by atoms with Crippen LogP contribution in [0.25, 0.3) is 0 Å². The van der Waals surface area contributed by atoms with E-state index < -0.39 is 0 Å². The van der Waals surface area contributed by atoms with Gasteiger partial charge in [-0.2, -0.15) is 4.37 Å². The molecular formula is C12H17N3S. The Morgan fingerprint density at radius 1 is 1.12 bits per heavy atom. The molecular weight excluding hydrogens is 218 g/mol. The molecule has 3 unspecified atom stereocenters. The lowest BCUT2D eigenvalue weighted by atomic mass is 9.96. The summed E-state index contributed by atoms with van der Waals surface area (Å²) in [5.74, 6) is 3.69. The van der Waals surface area contributed by atoms with E-state index in [9.17, 15) is 0 Å². The summed E-state index contributed by atoms with van der Waals surface area (Å²) in [4.78, 5) is 4.62. The van der Waals surface area contributed by atoms with Crippen molar-refractivity contribution in [1.29, 1.82) is 0 Å². The van der Waals surface area contributed by atoms with Crippen LogP contribution >= 0.6 is 11.5 Å². The quantitative estimate of drug-likeness (QED) is 0.875. The Hall–Kier alpha value is -0.640. The maximum atomic E-state index is 4.62. The van der Waals surface area contributed by atoms with Gasteiger partial charge in [0.15, 0.2) is 0 Å². The normalized spacial score (nSPS) is 36.9. The summed E-state index contributed by atoms with van der Waals surface area (Å²) in [6, 6.07) is 0.693. The molecule has 0 saturated heterocycles. The van der Waals surface area contributed by atoms with Crippen LogP contribution in [0.2, 0.25) is 0 Å². The molecule has 1 aromatic rings. The van der Waals surface area contributed by atoms with Gasteiger partial charge in [0.25, 0.3) is 0 Å². The van der Waals surface area contributed by atoms with Crippen LogP contribution in [0.3, 0.4) is 0 Å². The number of fused-ring (bicyclic) bond motifs is 2. The van der Waals surface area contributed by atoms with Gasteiger partial charge in [-0.3, -0.25) is 0 Å². The van der Waals surface area contributed by atoms with Gasteiger partial charge in [0.05, 0.1) is 0 Å². The maximum Gasteiger partial charge on any atom is 0.202 e. The summed E-state index contributed by atoms with van der Waals surface area (Å²) < 4.78 is 4.45. The van der Waals surface area contributed by atoms with E-state index in [1.54, 1.807) is 11.5 Å². The summed E-state index contributed by atoms with van der Waals surface area (Å²) in [5.41, 5.74) is 0. The molecule has 1 N–H and O–H groups in total. The molecule has 3 saturated carbocycles. The molecule has 2 bridgehead atoms. The average Bonchev–Trinajstić information content (AvgIpc) is 2.76. The molecule has 0 amide bonds. The summed E-state index contributed by atoms with van der Waals surface area (Å²) in [7, 11) is 0. The molecule has 3 nitrogen and oxygen atoms in total. The van der Waals surface area contributed by atoms with Gasteiger partial charge in [-0.25, -0.2) is 4.98 Å². The predicted molar refractivity (Wildman–Crippen MR) is 64.7 cm³/mol. The second-order valence-electron chi connectivity index (χ2n) is 5.66. The number of aromatic nitrogens is 2. The van der Waals surface area contributed by atoms with E-state index >= 15 is 0 Å². The number of anilines is 1. The van der Waals surface area contributed by atoms with E-state index in [4.69, 9.17) is 0 Å². The lowest BCUT2D eigenvalue weighted by molar-refractivity contribution is 0.439. The number of nitrogens with zero attached hydrogens (tertiary/aromatic N) is 2. The van der Waals surface area contributed by atoms with E-state index in [-0.39, 0.29) is 0 Å². The molecule has 0 spiro atoms. The Bertz CT molecular complexity index is 399. The summed E-state index contributed by atoms with van der Waals surface area (Å²) >= 11 is 1.56. The highest BCUT2D eigenvalue weighted by molar-refractivity contribution is 7.09. The predicted octanol–water partition coefficient (Wildman–Crippen LogP) is 3.02. The zero-order valence-corrected chi connectivity index (χ0v) is 10.2. The van der Waals surface area contributed by atoms with Crippen LogP contribution in [0.4, 0.5) is 5.13 Å². The smallest absolute Gasteiger partial charge is 0.202 e. The number of hydrogen-bond acceptors (Lipinski definition) is 4. The van der Waals surface area contributed by atoms with Crippen LogP contribution in [0.15, 0.2) is 0 Å². The molecule has 1 aromatic heterocycles. The van der Waals surface area contributed by atoms with Crippen molar-refractivity contribution in [3.8, 4) is 0 Å². The van der Waals surface area contributed by atoms with Crippen molar-refractivity contribution in [2.75, 3.05) is 5.32 Å². The van der Waals surface area contributed by atoms with Crippen molar-refractivity contribution in [1.82, 2.24) is 9.36 Å². The molecule has 3 aliphatic rings. The fraction of sp³-hybridized carbons (Fsp3) is 0.833. The highest BCUT2D eigenvalue weighted by atomic mass is 32.1. The SMILES string of the molecule is C1CC2CC1CC2Nc1nc(C2CC2)ns1. The molecule has 3 aliphatic carbocycles. The minimum absolute atomic E-state index is 0.687. The van der Waals surface area contributed by atoms with Crippen molar-refractivity contribution in [3.05, 3.63) is 5.82 Å². The first kappa shape index (κ1) is 9.40. The van der Waals surface area contributed by atoms with E-state index in [0.717, 1.165) is 22.8 Å². The van der Waals surface area contributed by atoms with Crippen LogP contribution in [0.5, 0.6) is 0 Å². The third-order valence-electron chi connectivity index (χ3n) is 4.43. The molecule has 3 fully saturated rings. The zero-order chi connectivity index (χ0) is 10.5. The molecule has 0 aliphatic heterocycles.